The second-order valence-electron chi connectivity index (χ2n) is 3.87. The van der Waals surface area contributed by atoms with Crippen molar-refractivity contribution in [1.29, 1.82) is 5.26 Å². The van der Waals surface area contributed by atoms with Gasteiger partial charge in [0.05, 0.1) is 12.0 Å². The first-order chi connectivity index (χ1) is 7.13. The Bertz CT molecular complexity index is 338. The van der Waals surface area contributed by atoms with Gasteiger partial charge in [-0.3, -0.25) is 0 Å². The zero-order valence-corrected chi connectivity index (χ0v) is 10.6. The van der Waals surface area contributed by atoms with Crippen LogP contribution in [0.15, 0.2) is 28.7 Å². The number of halogens is 1. The van der Waals surface area contributed by atoms with Gasteiger partial charge in [-0.25, -0.2) is 0 Å². The van der Waals surface area contributed by atoms with Gasteiger partial charge in [0.15, 0.2) is 0 Å². The molecule has 1 N–H and O–H groups in total. The smallest absolute Gasteiger partial charge is 0.0677 e. The molecule has 1 atom stereocenters. The highest BCUT2D eigenvalue weighted by atomic mass is 79.9. The summed E-state index contributed by atoms with van der Waals surface area (Å²) in [6.45, 7) is 4.84. The molecule has 0 radical (unpaired) electrons. The largest absolute Gasteiger partial charge is 0.384 e. The predicted octanol–water partition coefficient (Wildman–Crippen LogP) is 3.66. The monoisotopic (exact) mass is 266 g/mol. The second-order valence-corrected chi connectivity index (χ2v) is 4.78. The summed E-state index contributed by atoms with van der Waals surface area (Å²) in [5.41, 5.74) is 1.05. The van der Waals surface area contributed by atoms with E-state index < -0.39 is 0 Å². The van der Waals surface area contributed by atoms with Gasteiger partial charge in [0.2, 0.25) is 0 Å². The summed E-state index contributed by atoms with van der Waals surface area (Å²) in [7, 11) is 0. The number of hydrogen-bond acceptors (Lipinski definition) is 2. The maximum atomic E-state index is 8.92. The fraction of sp³-hybridized carbons (Fsp3) is 0.417. The molecule has 1 aromatic carbocycles. The molecule has 2 nitrogen and oxygen atoms in total. The molecule has 0 aliphatic rings. The molecule has 0 fully saturated rings. The number of nitrogens with one attached hydrogen (secondary N) is 1. The van der Waals surface area contributed by atoms with E-state index in [0.717, 1.165) is 10.2 Å². The number of rotatable bonds is 4. The Morgan fingerprint density at radius 2 is 1.93 bits per heavy atom. The lowest BCUT2D eigenvalue weighted by molar-refractivity contribution is 0.496. The molecule has 0 saturated carbocycles. The Morgan fingerprint density at radius 3 is 2.40 bits per heavy atom. The van der Waals surface area contributed by atoms with Crippen molar-refractivity contribution in [2.24, 2.45) is 11.8 Å². The molecule has 3 heteroatoms. The molecule has 0 amide bonds. The molecule has 0 bridgehead atoms. The van der Waals surface area contributed by atoms with Gasteiger partial charge < -0.3 is 5.32 Å². The second kappa shape index (κ2) is 5.77. The zero-order chi connectivity index (χ0) is 11.3. The molecule has 1 unspecified atom stereocenters. The van der Waals surface area contributed by atoms with E-state index in [1.807, 2.05) is 24.3 Å². The Labute approximate surface area is 99.4 Å². The van der Waals surface area contributed by atoms with Gasteiger partial charge in [0, 0.05) is 16.7 Å². The van der Waals surface area contributed by atoms with E-state index >= 15 is 0 Å². The van der Waals surface area contributed by atoms with Crippen LogP contribution in [-0.2, 0) is 0 Å². The van der Waals surface area contributed by atoms with Crippen LogP contribution in [0.1, 0.15) is 13.8 Å². The molecule has 0 aromatic heterocycles. The average molecular weight is 267 g/mol. The van der Waals surface area contributed by atoms with Crippen molar-refractivity contribution in [3.63, 3.8) is 0 Å². The average Bonchev–Trinajstić information content (AvgIpc) is 2.21. The Morgan fingerprint density at radius 1 is 1.33 bits per heavy atom. The van der Waals surface area contributed by atoms with Crippen molar-refractivity contribution in [2.75, 3.05) is 11.9 Å². The lowest BCUT2D eigenvalue weighted by Gasteiger charge is -2.14. The van der Waals surface area contributed by atoms with E-state index in [1.165, 1.54) is 0 Å². The van der Waals surface area contributed by atoms with Gasteiger partial charge in [-0.15, -0.1) is 0 Å². The number of benzene rings is 1. The number of hydrogen-bond donors (Lipinski definition) is 1. The van der Waals surface area contributed by atoms with Crippen LogP contribution in [0.5, 0.6) is 0 Å². The van der Waals surface area contributed by atoms with Crippen LogP contribution in [0, 0.1) is 23.2 Å². The Hall–Kier alpha value is -1.01. The summed E-state index contributed by atoms with van der Waals surface area (Å²) < 4.78 is 1.06. The molecule has 1 rings (SSSR count). The Kier molecular flexibility index (Phi) is 4.64. The molecular formula is C12H15BrN2. The minimum absolute atomic E-state index is 0.0636. The summed E-state index contributed by atoms with van der Waals surface area (Å²) in [5.74, 6) is 0.451. The molecule has 1 aromatic rings. The van der Waals surface area contributed by atoms with Crippen molar-refractivity contribution in [3.05, 3.63) is 28.7 Å². The third kappa shape index (κ3) is 3.93. The highest BCUT2D eigenvalue weighted by molar-refractivity contribution is 9.10. The van der Waals surface area contributed by atoms with Crippen LogP contribution in [0.25, 0.3) is 0 Å². The fourth-order valence-electron chi connectivity index (χ4n) is 1.23. The van der Waals surface area contributed by atoms with E-state index in [2.05, 4.69) is 41.2 Å². The quantitative estimate of drug-likeness (QED) is 0.903. The third-order valence-corrected chi connectivity index (χ3v) is 2.87. The molecule has 0 spiro atoms. The van der Waals surface area contributed by atoms with E-state index in [0.29, 0.717) is 12.5 Å². The third-order valence-electron chi connectivity index (χ3n) is 2.34. The highest BCUT2D eigenvalue weighted by Crippen LogP contribution is 2.16. The van der Waals surface area contributed by atoms with Gasteiger partial charge in [0.25, 0.3) is 0 Å². The maximum Gasteiger partial charge on any atom is 0.0677 e. The zero-order valence-electron chi connectivity index (χ0n) is 9.00. The van der Waals surface area contributed by atoms with Crippen molar-refractivity contribution in [1.82, 2.24) is 0 Å². The maximum absolute atomic E-state index is 8.92. The van der Waals surface area contributed by atoms with Crippen LogP contribution >= 0.6 is 15.9 Å². The Balaban J connectivity index is 2.50. The minimum Gasteiger partial charge on any atom is -0.384 e. The van der Waals surface area contributed by atoms with E-state index in [9.17, 15) is 0 Å². The van der Waals surface area contributed by atoms with Gasteiger partial charge >= 0.3 is 0 Å². The normalized spacial score (nSPS) is 12.2. The standard InChI is InChI=1S/C12H15BrN2/c1-9(2)10(7-14)8-15-12-5-3-11(13)4-6-12/h3-6,9-10,15H,8H2,1-2H3. The molecular weight excluding hydrogens is 252 g/mol. The van der Waals surface area contributed by atoms with E-state index in [-0.39, 0.29) is 5.92 Å². The first kappa shape index (κ1) is 12.1. The van der Waals surface area contributed by atoms with Crippen molar-refractivity contribution >= 4 is 21.6 Å². The minimum atomic E-state index is 0.0636. The summed E-state index contributed by atoms with van der Waals surface area (Å²) >= 11 is 3.38. The van der Waals surface area contributed by atoms with Crippen LogP contribution in [-0.4, -0.2) is 6.54 Å². The first-order valence-electron chi connectivity index (χ1n) is 5.02. The van der Waals surface area contributed by atoms with Gasteiger partial charge in [-0.05, 0) is 30.2 Å². The molecule has 0 heterocycles. The molecule has 0 saturated heterocycles. The van der Waals surface area contributed by atoms with Crippen LogP contribution in [0.3, 0.4) is 0 Å². The van der Waals surface area contributed by atoms with Crippen molar-refractivity contribution in [3.8, 4) is 6.07 Å². The van der Waals surface area contributed by atoms with E-state index in [4.69, 9.17) is 5.26 Å². The SMILES string of the molecule is CC(C)C(C#N)CNc1ccc(Br)cc1. The molecule has 0 aliphatic heterocycles. The summed E-state index contributed by atoms with van der Waals surface area (Å²) in [6, 6.07) is 10.3. The van der Waals surface area contributed by atoms with Crippen molar-refractivity contribution in [2.45, 2.75) is 13.8 Å². The number of nitriles is 1. The topological polar surface area (TPSA) is 35.8 Å². The predicted molar refractivity (Wildman–Crippen MR) is 66.6 cm³/mol. The lowest BCUT2D eigenvalue weighted by Crippen LogP contribution is -2.17. The lowest BCUT2D eigenvalue weighted by atomic mass is 9.97. The summed E-state index contributed by atoms with van der Waals surface area (Å²) in [5, 5.41) is 12.2. The summed E-state index contributed by atoms with van der Waals surface area (Å²) in [6.07, 6.45) is 0. The number of nitrogens with zero attached hydrogens (tertiary/aromatic N) is 1. The van der Waals surface area contributed by atoms with Gasteiger partial charge in [0.1, 0.15) is 0 Å². The van der Waals surface area contributed by atoms with Crippen LogP contribution in [0.2, 0.25) is 0 Å². The number of anilines is 1. The van der Waals surface area contributed by atoms with Gasteiger partial charge in [-0.2, -0.15) is 5.26 Å². The van der Waals surface area contributed by atoms with E-state index in [1.54, 1.807) is 0 Å². The molecule has 0 aliphatic carbocycles. The van der Waals surface area contributed by atoms with Crippen LogP contribution in [0.4, 0.5) is 5.69 Å². The summed E-state index contributed by atoms with van der Waals surface area (Å²) in [4.78, 5) is 0. The molecule has 15 heavy (non-hydrogen) atoms. The van der Waals surface area contributed by atoms with Gasteiger partial charge in [-0.1, -0.05) is 29.8 Å². The first-order valence-corrected chi connectivity index (χ1v) is 5.82. The van der Waals surface area contributed by atoms with Crippen molar-refractivity contribution < 1.29 is 0 Å². The molecule has 80 valence electrons. The fourth-order valence-corrected chi connectivity index (χ4v) is 1.49. The highest BCUT2D eigenvalue weighted by Gasteiger charge is 2.11. The van der Waals surface area contributed by atoms with Crippen LogP contribution < -0.4 is 5.32 Å².